The Balaban J connectivity index is 1.79. The molecule has 0 aromatic heterocycles. The second kappa shape index (κ2) is 10.3. The number of ether oxygens (including phenoxy) is 1. The van der Waals surface area contributed by atoms with Crippen molar-refractivity contribution in [3.05, 3.63) is 64.7 Å². The molecule has 0 radical (unpaired) electrons. The van der Waals surface area contributed by atoms with E-state index in [1.54, 1.807) is 43.3 Å². The average Bonchev–Trinajstić information content (AvgIpc) is 2.72. The zero-order chi connectivity index (χ0) is 21.4. The molecule has 1 N–H and O–H groups in total. The highest BCUT2D eigenvalue weighted by Gasteiger charge is 2.13. The van der Waals surface area contributed by atoms with Gasteiger partial charge in [0.2, 0.25) is 5.91 Å². The number of esters is 1. The fraction of sp³-hybridized carbons (Fsp3) is 0.304. The molecule has 0 aliphatic rings. The molecule has 0 fully saturated rings. The number of carbonyl (C=O) groups is 4. The highest BCUT2D eigenvalue weighted by Crippen LogP contribution is 2.13. The molecule has 2 aromatic carbocycles. The van der Waals surface area contributed by atoms with Crippen molar-refractivity contribution < 1.29 is 23.9 Å². The molecule has 0 atom stereocenters. The number of nitrogens with one attached hydrogen (secondary N) is 1. The van der Waals surface area contributed by atoms with Gasteiger partial charge in [-0.15, -0.1) is 0 Å². The first-order valence-electron chi connectivity index (χ1n) is 9.49. The summed E-state index contributed by atoms with van der Waals surface area (Å²) in [6, 6.07) is 11.8. The second-order valence-electron chi connectivity index (χ2n) is 6.79. The van der Waals surface area contributed by atoms with Gasteiger partial charge in [-0.25, -0.2) is 0 Å². The quantitative estimate of drug-likeness (QED) is 0.511. The lowest BCUT2D eigenvalue weighted by atomic mass is 10.0. The normalized spacial score (nSPS) is 10.3. The number of Topliss-reactive ketones (excluding diaryl/α,β-unsaturated/α-hetero) is 2. The smallest absolute Gasteiger partial charge is 0.306 e. The van der Waals surface area contributed by atoms with Crippen molar-refractivity contribution in [2.24, 2.45) is 0 Å². The maximum absolute atomic E-state index is 12.2. The van der Waals surface area contributed by atoms with Crippen LogP contribution in [0.2, 0.25) is 0 Å². The van der Waals surface area contributed by atoms with Crippen LogP contribution in [0.3, 0.4) is 0 Å². The van der Waals surface area contributed by atoms with E-state index in [4.69, 9.17) is 4.74 Å². The molecule has 0 bridgehead atoms. The predicted octanol–water partition coefficient (Wildman–Crippen LogP) is 4.04. The molecule has 0 saturated carbocycles. The van der Waals surface area contributed by atoms with Crippen LogP contribution < -0.4 is 5.32 Å². The lowest BCUT2D eigenvalue weighted by Crippen LogP contribution is -2.15. The molecule has 1 amide bonds. The van der Waals surface area contributed by atoms with E-state index in [9.17, 15) is 19.2 Å². The van der Waals surface area contributed by atoms with E-state index in [1.165, 1.54) is 0 Å². The van der Waals surface area contributed by atoms with Crippen molar-refractivity contribution in [3.8, 4) is 0 Å². The van der Waals surface area contributed by atoms with Crippen LogP contribution in [-0.2, 0) is 14.3 Å². The monoisotopic (exact) mass is 395 g/mol. The Morgan fingerprint density at radius 1 is 0.828 bits per heavy atom. The summed E-state index contributed by atoms with van der Waals surface area (Å²) < 4.78 is 4.99. The Morgan fingerprint density at radius 2 is 1.48 bits per heavy atom. The first-order chi connectivity index (χ1) is 13.8. The Labute approximate surface area is 170 Å². The number of carbonyl (C=O) groups excluding carboxylic acids is 4. The summed E-state index contributed by atoms with van der Waals surface area (Å²) >= 11 is 0. The molecule has 152 valence electrons. The Morgan fingerprint density at radius 3 is 2.10 bits per heavy atom. The molecular formula is C23H25NO5. The van der Waals surface area contributed by atoms with Crippen LogP contribution in [0, 0.1) is 13.8 Å². The van der Waals surface area contributed by atoms with Crippen LogP contribution in [0.25, 0.3) is 0 Å². The SMILES string of the molecule is CCC(=O)Nc1ccc(C(=O)COC(=O)CCC(=O)c2ccc(C)c(C)c2)cc1. The summed E-state index contributed by atoms with van der Waals surface area (Å²) in [5.41, 5.74) is 3.64. The van der Waals surface area contributed by atoms with Crippen molar-refractivity contribution in [2.45, 2.75) is 40.0 Å². The van der Waals surface area contributed by atoms with Crippen molar-refractivity contribution >= 4 is 29.1 Å². The third kappa shape index (κ3) is 6.68. The van der Waals surface area contributed by atoms with Crippen LogP contribution in [0.1, 0.15) is 58.0 Å². The van der Waals surface area contributed by atoms with Crippen LogP contribution in [0.5, 0.6) is 0 Å². The molecule has 0 heterocycles. The molecule has 6 heteroatoms. The molecule has 6 nitrogen and oxygen atoms in total. The van der Waals surface area contributed by atoms with Crippen LogP contribution in [-0.4, -0.2) is 30.0 Å². The van der Waals surface area contributed by atoms with Crippen LogP contribution in [0.15, 0.2) is 42.5 Å². The summed E-state index contributed by atoms with van der Waals surface area (Å²) in [7, 11) is 0. The number of ketones is 2. The van der Waals surface area contributed by atoms with Gasteiger partial charge in [0, 0.05) is 29.7 Å². The van der Waals surface area contributed by atoms with Gasteiger partial charge in [-0.1, -0.05) is 19.1 Å². The number of benzene rings is 2. The maximum atomic E-state index is 12.2. The van der Waals surface area contributed by atoms with Gasteiger partial charge < -0.3 is 10.1 Å². The Hall–Kier alpha value is -3.28. The van der Waals surface area contributed by atoms with Crippen LogP contribution >= 0.6 is 0 Å². The van der Waals surface area contributed by atoms with Gasteiger partial charge in [-0.05, 0) is 55.3 Å². The van der Waals surface area contributed by atoms with E-state index < -0.39 is 12.6 Å². The Kier molecular flexibility index (Phi) is 7.83. The lowest BCUT2D eigenvalue weighted by Gasteiger charge is -2.07. The van der Waals surface area contributed by atoms with E-state index in [0.717, 1.165) is 11.1 Å². The van der Waals surface area contributed by atoms with E-state index >= 15 is 0 Å². The molecule has 2 aromatic rings. The van der Waals surface area contributed by atoms with Gasteiger partial charge in [-0.2, -0.15) is 0 Å². The maximum Gasteiger partial charge on any atom is 0.306 e. The van der Waals surface area contributed by atoms with Crippen molar-refractivity contribution in [3.63, 3.8) is 0 Å². The summed E-state index contributed by atoms with van der Waals surface area (Å²) in [6.07, 6.45) is 0.311. The summed E-state index contributed by atoms with van der Waals surface area (Å²) in [4.78, 5) is 47.6. The first kappa shape index (κ1) is 22.0. The summed E-state index contributed by atoms with van der Waals surface area (Å²) in [5.74, 6) is -1.20. The zero-order valence-corrected chi connectivity index (χ0v) is 16.9. The Bertz CT molecular complexity index is 915. The zero-order valence-electron chi connectivity index (χ0n) is 16.9. The van der Waals surface area contributed by atoms with Gasteiger partial charge in [0.05, 0.1) is 6.42 Å². The minimum atomic E-state index is -0.595. The predicted molar refractivity (Wildman–Crippen MR) is 110 cm³/mol. The highest BCUT2D eigenvalue weighted by atomic mass is 16.5. The number of rotatable bonds is 9. The van der Waals surface area contributed by atoms with Crippen LogP contribution in [0.4, 0.5) is 5.69 Å². The third-order valence-corrected chi connectivity index (χ3v) is 4.56. The van der Waals surface area contributed by atoms with Gasteiger partial charge >= 0.3 is 5.97 Å². The number of anilines is 1. The molecule has 0 spiro atoms. The molecule has 0 aliphatic heterocycles. The van der Waals surface area contributed by atoms with Crippen molar-refractivity contribution in [1.82, 2.24) is 0 Å². The second-order valence-corrected chi connectivity index (χ2v) is 6.79. The minimum absolute atomic E-state index is 0.0291. The number of hydrogen-bond donors (Lipinski definition) is 1. The molecule has 29 heavy (non-hydrogen) atoms. The fourth-order valence-electron chi connectivity index (χ4n) is 2.57. The molecule has 0 unspecified atom stereocenters. The van der Waals surface area contributed by atoms with E-state index in [-0.39, 0.29) is 30.3 Å². The number of hydrogen-bond acceptors (Lipinski definition) is 5. The number of amides is 1. The average molecular weight is 395 g/mol. The van der Waals surface area contributed by atoms with Gasteiger partial charge in [0.15, 0.2) is 18.2 Å². The van der Waals surface area contributed by atoms with E-state index in [0.29, 0.717) is 23.2 Å². The molecule has 2 rings (SSSR count). The van der Waals surface area contributed by atoms with Gasteiger partial charge in [0.25, 0.3) is 0 Å². The summed E-state index contributed by atoms with van der Waals surface area (Å²) in [5, 5.41) is 2.69. The lowest BCUT2D eigenvalue weighted by molar-refractivity contribution is -0.142. The van der Waals surface area contributed by atoms with Crippen molar-refractivity contribution in [2.75, 3.05) is 11.9 Å². The summed E-state index contributed by atoms with van der Waals surface area (Å²) in [6.45, 7) is 5.25. The number of aryl methyl sites for hydroxylation is 2. The minimum Gasteiger partial charge on any atom is -0.457 e. The van der Waals surface area contributed by atoms with E-state index in [1.807, 2.05) is 19.9 Å². The largest absolute Gasteiger partial charge is 0.457 e. The first-order valence-corrected chi connectivity index (χ1v) is 9.49. The highest BCUT2D eigenvalue weighted by molar-refractivity contribution is 6.00. The van der Waals surface area contributed by atoms with E-state index in [2.05, 4.69) is 5.32 Å². The topological polar surface area (TPSA) is 89.5 Å². The van der Waals surface area contributed by atoms with Gasteiger partial charge in [-0.3, -0.25) is 19.2 Å². The fourth-order valence-corrected chi connectivity index (χ4v) is 2.57. The standard InChI is InChI=1S/C23H25NO5/c1-4-22(27)24-19-9-7-17(8-10-19)21(26)14-29-23(28)12-11-20(25)18-6-5-15(2)16(3)13-18/h5-10,13H,4,11-12,14H2,1-3H3,(H,24,27). The molecular weight excluding hydrogens is 370 g/mol. The molecule has 0 saturated heterocycles. The van der Waals surface area contributed by atoms with Crippen molar-refractivity contribution in [1.29, 1.82) is 0 Å². The molecule has 0 aliphatic carbocycles. The van der Waals surface area contributed by atoms with Gasteiger partial charge in [0.1, 0.15) is 0 Å². The third-order valence-electron chi connectivity index (χ3n) is 4.56.